The molecule has 1 saturated carbocycles. The number of anilines is 1. The Bertz CT molecular complexity index is 1130. The number of pyridine rings is 1. The molecule has 2 heterocycles. The Labute approximate surface area is 195 Å². The van der Waals surface area contributed by atoms with E-state index < -0.39 is 17.7 Å². The van der Waals surface area contributed by atoms with Gasteiger partial charge in [0, 0.05) is 24.0 Å². The van der Waals surface area contributed by atoms with Gasteiger partial charge in [-0.25, -0.2) is 4.68 Å². The summed E-state index contributed by atoms with van der Waals surface area (Å²) in [6.07, 6.45) is 8.08. The maximum absolute atomic E-state index is 13.2. The van der Waals surface area contributed by atoms with E-state index in [4.69, 9.17) is 28.9 Å². The van der Waals surface area contributed by atoms with Crippen LogP contribution in [0.2, 0.25) is 10.0 Å². The number of nitrogens with two attached hydrogens (primary N) is 1. The molecule has 3 N–H and O–H groups in total. The second-order valence-corrected chi connectivity index (χ2v) is 8.75. The molecule has 1 aromatic carbocycles. The molecule has 1 atom stereocenters. The zero-order chi connectivity index (χ0) is 22.7. The van der Waals surface area contributed by atoms with Crippen LogP contribution in [0.1, 0.15) is 32.1 Å². The number of primary amides is 1. The molecule has 1 unspecified atom stereocenters. The van der Waals surface area contributed by atoms with E-state index in [1.165, 1.54) is 0 Å². The number of carbonyl (C=O) groups excluding carboxylic acids is 2. The highest BCUT2D eigenvalue weighted by atomic mass is 35.5. The molecule has 0 spiro atoms. The first kappa shape index (κ1) is 22.3. The molecule has 32 heavy (non-hydrogen) atoms. The number of halogens is 2. The van der Waals surface area contributed by atoms with Crippen molar-refractivity contribution in [2.24, 2.45) is 17.6 Å². The second-order valence-electron chi connectivity index (χ2n) is 7.93. The van der Waals surface area contributed by atoms with E-state index in [9.17, 15) is 9.59 Å². The highest BCUT2D eigenvalue weighted by Gasteiger charge is 2.34. The molecular weight excluding hydrogens is 449 g/mol. The van der Waals surface area contributed by atoms with Crippen LogP contribution in [0.25, 0.3) is 16.9 Å². The van der Waals surface area contributed by atoms with E-state index in [1.54, 1.807) is 47.4 Å². The van der Waals surface area contributed by atoms with E-state index in [0.29, 0.717) is 27.2 Å². The highest BCUT2D eigenvalue weighted by molar-refractivity contribution is 6.42. The van der Waals surface area contributed by atoms with Gasteiger partial charge in [-0.2, -0.15) is 5.10 Å². The number of amides is 2. The molecule has 4 rings (SSSR count). The third-order valence-electron chi connectivity index (χ3n) is 5.78. The molecule has 166 valence electrons. The lowest BCUT2D eigenvalue weighted by Crippen LogP contribution is -2.40. The summed E-state index contributed by atoms with van der Waals surface area (Å²) in [6.45, 7) is 0. The van der Waals surface area contributed by atoms with Crippen LogP contribution >= 0.6 is 23.2 Å². The molecule has 9 heteroatoms. The Morgan fingerprint density at radius 1 is 1.09 bits per heavy atom. The first-order valence-corrected chi connectivity index (χ1v) is 11.3. The average molecular weight is 472 g/mol. The number of hydrogen-bond acceptors (Lipinski definition) is 4. The van der Waals surface area contributed by atoms with Gasteiger partial charge in [-0.3, -0.25) is 14.6 Å². The van der Waals surface area contributed by atoms with Crippen molar-refractivity contribution in [2.45, 2.75) is 32.1 Å². The first-order valence-electron chi connectivity index (χ1n) is 10.5. The lowest BCUT2D eigenvalue weighted by Gasteiger charge is -2.27. The number of hydrogen-bond donors (Lipinski definition) is 2. The summed E-state index contributed by atoms with van der Waals surface area (Å²) in [7, 11) is 0. The minimum atomic E-state index is -0.894. The van der Waals surface area contributed by atoms with Crippen molar-refractivity contribution in [1.29, 1.82) is 0 Å². The van der Waals surface area contributed by atoms with Gasteiger partial charge in [0.1, 0.15) is 11.7 Å². The van der Waals surface area contributed by atoms with Crippen molar-refractivity contribution in [3.8, 4) is 16.9 Å². The van der Waals surface area contributed by atoms with Gasteiger partial charge in [0.05, 0.1) is 21.4 Å². The minimum Gasteiger partial charge on any atom is -0.369 e. The average Bonchev–Trinajstić information content (AvgIpc) is 3.20. The van der Waals surface area contributed by atoms with Crippen LogP contribution in [-0.2, 0) is 9.59 Å². The van der Waals surface area contributed by atoms with Gasteiger partial charge in [-0.1, -0.05) is 42.5 Å². The fourth-order valence-corrected chi connectivity index (χ4v) is 4.48. The molecule has 1 aliphatic carbocycles. The Kier molecular flexibility index (Phi) is 6.77. The maximum atomic E-state index is 13.2. The second kappa shape index (κ2) is 9.71. The Morgan fingerprint density at radius 2 is 1.88 bits per heavy atom. The number of benzene rings is 1. The molecule has 0 radical (unpaired) electrons. The normalized spacial score (nSPS) is 15.3. The lowest BCUT2D eigenvalue weighted by molar-refractivity contribution is -0.133. The third-order valence-corrected chi connectivity index (χ3v) is 6.51. The van der Waals surface area contributed by atoms with Gasteiger partial charge in [-0.15, -0.1) is 0 Å². The zero-order valence-corrected chi connectivity index (χ0v) is 18.8. The van der Waals surface area contributed by atoms with Gasteiger partial charge < -0.3 is 11.1 Å². The summed E-state index contributed by atoms with van der Waals surface area (Å²) in [6, 6.07) is 10.5. The van der Waals surface area contributed by atoms with Gasteiger partial charge in [0.2, 0.25) is 11.8 Å². The van der Waals surface area contributed by atoms with E-state index in [-0.39, 0.29) is 5.92 Å². The van der Waals surface area contributed by atoms with Crippen molar-refractivity contribution in [3.05, 3.63) is 58.8 Å². The quantitative estimate of drug-likeness (QED) is 0.500. The molecule has 7 nitrogen and oxygen atoms in total. The van der Waals surface area contributed by atoms with Crippen LogP contribution in [0.15, 0.2) is 48.8 Å². The smallest absolute Gasteiger partial charge is 0.238 e. The zero-order valence-electron chi connectivity index (χ0n) is 17.3. The number of rotatable bonds is 6. The van der Waals surface area contributed by atoms with Crippen molar-refractivity contribution in [2.75, 3.05) is 5.32 Å². The van der Waals surface area contributed by atoms with Gasteiger partial charge >= 0.3 is 0 Å². The molecule has 2 amide bonds. The van der Waals surface area contributed by atoms with E-state index in [0.717, 1.165) is 37.7 Å². The molecule has 1 aliphatic rings. The first-order chi connectivity index (χ1) is 15.4. The van der Waals surface area contributed by atoms with Crippen molar-refractivity contribution in [1.82, 2.24) is 14.8 Å². The summed E-state index contributed by atoms with van der Waals surface area (Å²) in [5, 5.41) is 8.28. The number of carbonyl (C=O) groups is 2. The summed E-state index contributed by atoms with van der Waals surface area (Å²) >= 11 is 12.3. The van der Waals surface area contributed by atoms with Crippen molar-refractivity contribution >= 4 is 40.8 Å². The molecule has 0 saturated heterocycles. The highest BCUT2D eigenvalue weighted by Crippen LogP contribution is 2.32. The summed E-state index contributed by atoms with van der Waals surface area (Å²) in [5.41, 5.74) is 7.63. The van der Waals surface area contributed by atoms with Crippen LogP contribution in [0.5, 0.6) is 0 Å². The summed E-state index contributed by atoms with van der Waals surface area (Å²) < 4.78 is 1.56. The molecule has 0 aliphatic heterocycles. The molecule has 1 fully saturated rings. The van der Waals surface area contributed by atoms with Gasteiger partial charge in [0.15, 0.2) is 0 Å². The molecule has 2 aromatic heterocycles. The molecular formula is C23H23Cl2N5O2. The predicted octanol–water partition coefficient (Wildman–Crippen LogP) is 4.86. The largest absolute Gasteiger partial charge is 0.369 e. The summed E-state index contributed by atoms with van der Waals surface area (Å²) in [5.74, 6) is -1.59. The van der Waals surface area contributed by atoms with Crippen LogP contribution in [-0.4, -0.2) is 26.6 Å². The monoisotopic (exact) mass is 471 g/mol. The van der Waals surface area contributed by atoms with Gasteiger partial charge in [-0.05, 0) is 49.1 Å². The van der Waals surface area contributed by atoms with E-state index in [2.05, 4.69) is 15.4 Å². The van der Waals surface area contributed by atoms with Crippen LogP contribution in [0.3, 0.4) is 0 Å². The van der Waals surface area contributed by atoms with Crippen molar-refractivity contribution in [3.63, 3.8) is 0 Å². The number of nitrogens with zero attached hydrogens (tertiary/aromatic N) is 3. The lowest BCUT2D eigenvalue weighted by atomic mass is 9.79. The fraction of sp³-hybridized carbons (Fsp3) is 0.304. The van der Waals surface area contributed by atoms with E-state index in [1.807, 2.05) is 6.07 Å². The molecule has 0 bridgehead atoms. The standard InChI is InChI=1S/C23H23Cl2N5O2/c24-17-9-8-16(11-18(17)25)30-20(12-19(29-30)15-7-4-10-27-13-15)28-23(32)21(22(26)31)14-5-2-1-3-6-14/h4,7-14,21H,1-3,5-6H2,(H2,26,31)(H,28,32). The fourth-order valence-electron chi connectivity index (χ4n) is 4.19. The Balaban J connectivity index is 1.71. The summed E-state index contributed by atoms with van der Waals surface area (Å²) in [4.78, 5) is 29.5. The van der Waals surface area contributed by atoms with Gasteiger partial charge in [0.25, 0.3) is 0 Å². The third kappa shape index (κ3) is 4.79. The Hall–Kier alpha value is -2.90. The van der Waals surface area contributed by atoms with E-state index >= 15 is 0 Å². The van der Waals surface area contributed by atoms with Crippen LogP contribution in [0.4, 0.5) is 5.82 Å². The number of nitrogens with one attached hydrogen (secondary N) is 1. The minimum absolute atomic E-state index is 0.0552. The number of aromatic nitrogens is 3. The topological polar surface area (TPSA) is 103 Å². The maximum Gasteiger partial charge on any atom is 0.238 e. The van der Waals surface area contributed by atoms with Crippen LogP contribution in [0, 0.1) is 11.8 Å². The predicted molar refractivity (Wildman–Crippen MR) is 125 cm³/mol. The van der Waals surface area contributed by atoms with Crippen LogP contribution < -0.4 is 11.1 Å². The molecule has 3 aromatic rings. The van der Waals surface area contributed by atoms with Crippen molar-refractivity contribution < 1.29 is 9.59 Å². The Morgan fingerprint density at radius 3 is 2.53 bits per heavy atom. The SMILES string of the molecule is NC(=O)C(C(=O)Nc1cc(-c2cccnc2)nn1-c1ccc(Cl)c(Cl)c1)C1CCCCC1.